The largest absolute Gasteiger partial charge is 0.493 e. The summed E-state index contributed by atoms with van der Waals surface area (Å²) < 4.78 is 25.5. The van der Waals surface area contributed by atoms with Gasteiger partial charge in [-0.2, -0.15) is 0 Å². The van der Waals surface area contributed by atoms with Crippen molar-refractivity contribution in [3.63, 3.8) is 0 Å². The fourth-order valence-corrected chi connectivity index (χ4v) is 3.30. The second-order valence-corrected chi connectivity index (χ2v) is 7.69. The van der Waals surface area contributed by atoms with Gasteiger partial charge < -0.3 is 14.8 Å². The molecule has 3 nitrogen and oxygen atoms in total. The number of rotatable bonds is 7. The van der Waals surface area contributed by atoms with Gasteiger partial charge in [-0.3, -0.25) is 0 Å². The van der Waals surface area contributed by atoms with Crippen molar-refractivity contribution in [3.05, 3.63) is 86.1 Å². The number of anilines is 1. The molecule has 0 amide bonds. The average Bonchev–Trinajstić information content (AvgIpc) is 2.69. The van der Waals surface area contributed by atoms with Crippen LogP contribution in [0.2, 0.25) is 10.0 Å². The molecule has 0 radical (unpaired) electrons. The van der Waals surface area contributed by atoms with Crippen molar-refractivity contribution < 1.29 is 13.9 Å². The molecule has 0 saturated heterocycles. The Morgan fingerprint density at radius 1 is 1.00 bits per heavy atom. The Morgan fingerprint density at radius 2 is 1.75 bits per heavy atom. The standard InChI is InChI=1S/C21H17BrCl2FNO2/c1-27-20-8-14(11-26-16-6-7-19(25)18(24)9-16)17(22)10-21(20)28-12-13-2-4-15(23)5-3-13/h2-10,26H,11-12H2,1H3. The Morgan fingerprint density at radius 3 is 2.43 bits per heavy atom. The molecule has 0 aliphatic heterocycles. The number of halogens is 4. The van der Waals surface area contributed by atoms with Gasteiger partial charge in [-0.05, 0) is 53.6 Å². The third kappa shape index (κ3) is 5.31. The lowest BCUT2D eigenvalue weighted by Crippen LogP contribution is -2.03. The number of nitrogens with one attached hydrogen (secondary N) is 1. The highest BCUT2D eigenvalue weighted by Gasteiger charge is 2.11. The summed E-state index contributed by atoms with van der Waals surface area (Å²) in [6.45, 7) is 0.891. The van der Waals surface area contributed by atoms with Crippen LogP contribution in [0.15, 0.2) is 59.1 Å². The molecule has 0 unspecified atom stereocenters. The third-order valence-electron chi connectivity index (χ3n) is 4.04. The molecule has 0 fully saturated rings. The maximum Gasteiger partial charge on any atom is 0.162 e. The van der Waals surface area contributed by atoms with Crippen molar-refractivity contribution in [2.75, 3.05) is 12.4 Å². The van der Waals surface area contributed by atoms with E-state index in [0.717, 1.165) is 21.3 Å². The normalized spacial score (nSPS) is 10.6. The van der Waals surface area contributed by atoms with E-state index in [1.807, 2.05) is 36.4 Å². The van der Waals surface area contributed by atoms with Crippen LogP contribution in [0.1, 0.15) is 11.1 Å². The zero-order valence-corrected chi connectivity index (χ0v) is 18.0. The van der Waals surface area contributed by atoms with E-state index in [0.29, 0.717) is 29.7 Å². The van der Waals surface area contributed by atoms with Gasteiger partial charge in [0.1, 0.15) is 12.4 Å². The van der Waals surface area contributed by atoms with E-state index < -0.39 is 5.82 Å². The minimum Gasteiger partial charge on any atom is -0.493 e. The lowest BCUT2D eigenvalue weighted by Gasteiger charge is -2.15. The second-order valence-electron chi connectivity index (χ2n) is 5.99. The van der Waals surface area contributed by atoms with Crippen LogP contribution in [-0.4, -0.2) is 7.11 Å². The molecule has 0 spiro atoms. The lowest BCUT2D eigenvalue weighted by atomic mass is 10.2. The highest BCUT2D eigenvalue weighted by atomic mass is 79.9. The van der Waals surface area contributed by atoms with Crippen molar-refractivity contribution in [1.29, 1.82) is 0 Å². The predicted molar refractivity (Wildman–Crippen MR) is 115 cm³/mol. The summed E-state index contributed by atoms with van der Waals surface area (Å²) in [4.78, 5) is 0. The third-order valence-corrected chi connectivity index (χ3v) is 5.32. The summed E-state index contributed by atoms with van der Waals surface area (Å²) in [6.07, 6.45) is 0. The predicted octanol–water partition coefficient (Wildman–Crippen LogP) is 7.09. The molecular weight excluding hydrogens is 468 g/mol. The zero-order valence-electron chi connectivity index (χ0n) is 14.9. The molecule has 0 saturated carbocycles. The van der Waals surface area contributed by atoms with Crippen LogP contribution in [0, 0.1) is 5.82 Å². The SMILES string of the molecule is COc1cc(CNc2ccc(F)c(Cl)c2)c(Br)cc1OCc1ccc(Cl)cc1. The monoisotopic (exact) mass is 483 g/mol. The smallest absolute Gasteiger partial charge is 0.162 e. The van der Waals surface area contributed by atoms with Gasteiger partial charge in [0.05, 0.1) is 12.1 Å². The van der Waals surface area contributed by atoms with E-state index >= 15 is 0 Å². The Hall–Kier alpha value is -1.95. The molecule has 0 aliphatic rings. The van der Waals surface area contributed by atoms with Crippen LogP contribution >= 0.6 is 39.1 Å². The molecule has 7 heteroatoms. The first kappa shape index (κ1) is 20.8. The fourth-order valence-electron chi connectivity index (χ4n) is 2.53. The summed E-state index contributed by atoms with van der Waals surface area (Å²) in [5.74, 6) is 0.793. The summed E-state index contributed by atoms with van der Waals surface area (Å²) in [7, 11) is 1.59. The summed E-state index contributed by atoms with van der Waals surface area (Å²) in [5, 5.41) is 3.97. The second kappa shape index (κ2) is 9.50. The molecule has 1 N–H and O–H groups in total. The molecular formula is C21H17BrCl2FNO2. The molecule has 0 atom stereocenters. The van der Waals surface area contributed by atoms with E-state index in [-0.39, 0.29) is 5.02 Å². The minimum absolute atomic E-state index is 0.0765. The highest BCUT2D eigenvalue weighted by molar-refractivity contribution is 9.10. The molecule has 0 heterocycles. The van der Waals surface area contributed by atoms with Crippen molar-refractivity contribution in [2.45, 2.75) is 13.2 Å². The Balaban J connectivity index is 1.71. The van der Waals surface area contributed by atoms with E-state index in [2.05, 4.69) is 21.2 Å². The van der Waals surface area contributed by atoms with E-state index in [1.165, 1.54) is 6.07 Å². The van der Waals surface area contributed by atoms with Crippen LogP contribution in [0.25, 0.3) is 0 Å². The maximum atomic E-state index is 13.3. The molecule has 0 aromatic heterocycles. The van der Waals surface area contributed by atoms with Gasteiger partial charge in [0.2, 0.25) is 0 Å². The number of methoxy groups -OCH3 is 1. The van der Waals surface area contributed by atoms with Crippen molar-refractivity contribution >= 4 is 44.8 Å². The van der Waals surface area contributed by atoms with E-state index in [1.54, 1.807) is 19.2 Å². The summed E-state index contributed by atoms with van der Waals surface area (Å²) in [5.41, 5.74) is 2.68. The van der Waals surface area contributed by atoms with Crippen LogP contribution in [0.4, 0.5) is 10.1 Å². The molecule has 146 valence electrons. The van der Waals surface area contributed by atoms with Gasteiger partial charge in [-0.25, -0.2) is 4.39 Å². The highest BCUT2D eigenvalue weighted by Crippen LogP contribution is 2.34. The van der Waals surface area contributed by atoms with E-state index in [4.69, 9.17) is 32.7 Å². The van der Waals surface area contributed by atoms with Crippen LogP contribution in [0.3, 0.4) is 0 Å². The number of ether oxygens (including phenoxy) is 2. The molecule has 3 rings (SSSR count). The van der Waals surface area contributed by atoms with Gasteiger partial charge in [0.15, 0.2) is 11.5 Å². The number of hydrogen-bond acceptors (Lipinski definition) is 3. The maximum absolute atomic E-state index is 13.3. The Labute approximate surface area is 181 Å². The Bertz CT molecular complexity index is 967. The van der Waals surface area contributed by atoms with Gasteiger partial charge in [-0.15, -0.1) is 0 Å². The number of hydrogen-bond donors (Lipinski definition) is 1. The van der Waals surface area contributed by atoms with Crippen LogP contribution < -0.4 is 14.8 Å². The van der Waals surface area contributed by atoms with Crippen LogP contribution in [-0.2, 0) is 13.2 Å². The average molecular weight is 485 g/mol. The minimum atomic E-state index is -0.447. The number of benzene rings is 3. The zero-order chi connectivity index (χ0) is 20.1. The van der Waals surface area contributed by atoms with Gasteiger partial charge in [0.25, 0.3) is 0 Å². The summed E-state index contributed by atoms with van der Waals surface area (Å²) in [6, 6.07) is 15.7. The molecule has 3 aromatic rings. The fraction of sp³-hybridized carbons (Fsp3) is 0.143. The Kier molecular flexibility index (Phi) is 7.05. The molecule has 28 heavy (non-hydrogen) atoms. The van der Waals surface area contributed by atoms with Crippen LogP contribution in [0.5, 0.6) is 11.5 Å². The van der Waals surface area contributed by atoms with Crippen molar-refractivity contribution in [2.24, 2.45) is 0 Å². The molecule has 3 aromatic carbocycles. The van der Waals surface area contributed by atoms with E-state index in [9.17, 15) is 4.39 Å². The lowest BCUT2D eigenvalue weighted by molar-refractivity contribution is 0.284. The molecule has 0 aliphatic carbocycles. The summed E-state index contributed by atoms with van der Waals surface area (Å²) >= 11 is 15.3. The quantitative estimate of drug-likeness (QED) is 0.388. The first-order valence-corrected chi connectivity index (χ1v) is 9.93. The van der Waals surface area contributed by atoms with Gasteiger partial charge in [-0.1, -0.05) is 51.3 Å². The van der Waals surface area contributed by atoms with Crippen molar-refractivity contribution in [1.82, 2.24) is 0 Å². The first-order chi connectivity index (χ1) is 13.5. The van der Waals surface area contributed by atoms with Gasteiger partial charge >= 0.3 is 0 Å². The van der Waals surface area contributed by atoms with Crippen molar-refractivity contribution in [3.8, 4) is 11.5 Å². The molecule has 0 bridgehead atoms. The first-order valence-electron chi connectivity index (χ1n) is 8.39. The van der Waals surface area contributed by atoms with Gasteiger partial charge in [0, 0.05) is 21.7 Å². The topological polar surface area (TPSA) is 30.5 Å².